The maximum absolute atomic E-state index is 5.77. The molecule has 1 heterocycles. The van der Waals surface area contributed by atoms with Gasteiger partial charge in [0.25, 0.3) is 0 Å². The topological polar surface area (TPSA) is 77.0 Å². The van der Waals surface area contributed by atoms with E-state index in [1.165, 1.54) is 0 Å². The van der Waals surface area contributed by atoms with Crippen molar-refractivity contribution in [3.8, 4) is 0 Å². The number of hydrogen-bond acceptors (Lipinski definition) is 5. The van der Waals surface area contributed by atoms with Crippen LogP contribution in [0.2, 0.25) is 5.02 Å². The van der Waals surface area contributed by atoms with E-state index in [9.17, 15) is 0 Å². The van der Waals surface area contributed by atoms with Gasteiger partial charge < -0.3 is 15.5 Å². The van der Waals surface area contributed by atoms with Crippen LogP contribution >= 0.6 is 11.6 Å². The van der Waals surface area contributed by atoms with E-state index in [1.807, 2.05) is 12.1 Å². The zero-order chi connectivity index (χ0) is 11.4. The van der Waals surface area contributed by atoms with Gasteiger partial charge in [0.2, 0.25) is 5.89 Å². The summed E-state index contributed by atoms with van der Waals surface area (Å²) < 4.78 is 5.31. The predicted octanol–water partition coefficient (Wildman–Crippen LogP) is 1.97. The molecule has 0 unspecified atom stereocenters. The van der Waals surface area contributed by atoms with Crippen molar-refractivity contribution in [1.82, 2.24) is 10.2 Å². The maximum atomic E-state index is 5.77. The van der Waals surface area contributed by atoms with Crippen molar-refractivity contribution < 1.29 is 4.42 Å². The Bertz CT molecular complexity index is 454. The molecule has 5 nitrogen and oxygen atoms in total. The van der Waals surface area contributed by atoms with E-state index >= 15 is 0 Å². The van der Waals surface area contributed by atoms with E-state index in [0.717, 1.165) is 5.69 Å². The average Bonchev–Trinajstić information content (AvgIpc) is 2.70. The summed E-state index contributed by atoms with van der Waals surface area (Å²) in [6.45, 7) is 0.489. The minimum absolute atomic E-state index is 0.353. The highest BCUT2D eigenvalue weighted by Crippen LogP contribution is 2.17. The first-order chi connectivity index (χ1) is 7.78. The number of hydrogen-bond donors (Lipinski definition) is 2. The molecule has 1 aromatic carbocycles. The molecule has 3 N–H and O–H groups in total. The van der Waals surface area contributed by atoms with Crippen molar-refractivity contribution in [1.29, 1.82) is 0 Å². The molecular weight excluding hydrogens is 228 g/mol. The number of nitrogens with one attached hydrogen (secondary N) is 1. The molecule has 0 spiro atoms. The van der Waals surface area contributed by atoms with Gasteiger partial charge in [0.1, 0.15) is 0 Å². The van der Waals surface area contributed by atoms with Crippen LogP contribution in [0.1, 0.15) is 5.89 Å². The maximum Gasteiger partial charge on any atom is 0.320 e. The summed E-state index contributed by atoms with van der Waals surface area (Å²) in [4.78, 5) is 0. The Balaban J connectivity index is 2.05. The number of nitrogens with two attached hydrogens (primary N) is 1. The van der Waals surface area contributed by atoms with E-state index in [2.05, 4.69) is 15.5 Å². The van der Waals surface area contributed by atoms with Gasteiger partial charge in [-0.05, 0) is 24.3 Å². The van der Waals surface area contributed by atoms with E-state index in [0.29, 0.717) is 29.9 Å². The lowest BCUT2D eigenvalue weighted by atomic mass is 10.3. The molecule has 0 atom stereocenters. The zero-order valence-corrected chi connectivity index (χ0v) is 9.24. The molecule has 0 radical (unpaired) electrons. The van der Waals surface area contributed by atoms with Crippen LogP contribution in [0.5, 0.6) is 0 Å². The molecule has 0 aliphatic carbocycles. The molecule has 0 aliphatic heterocycles. The molecule has 2 aromatic rings. The molecule has 16 heavy (non-hydrogen) atoms. The van der Waals surface area contributed by atoms with Crippen molar-refractivity contribution in [2.24, 2.45) is 5.73 Å². The second kappa shape index (κ2) is 4.96. The quantitative estimate of drug-likeness (QED) is 0.852. The summed E-state index contributed by atoms with van der Waals surface area (Å²) >= 11 is 5.77. The lowest BCUT2D eigenvalue weighted by Gasteiger charge is -1.99. The van der Waals surface area contributed by atoms with Crippen LogP contribution in [-0.2, 0) is 6.42 Å². The predicted molar refractivity (Wildman–Crippen MR) is 61.8 cm³/mol. The van der Waals surface area contributed by atoms with E-state index < -0.39 is 0 Å². The van der Waals surface area contributed by atoms with Crippen LogP contribution in [0.25, 0.3) is 0 Å². The minimum Gasteiger partial charge on any atom is -0.408 e. The average molecular weight is 239 g/mol. The highest BCUT2D eigenvalue weighted by atomic mass is 35.5. The molecule has 6 heteroatoms. The van der Waals surface area contributed by atoms with Crippen molar-refractivity contribution in [2.75, 3.05) is 11.9 Å². The second-order valence-electron chi connectivity index (χ2n) is 3.17. The van der Waals surface area contributed by atoms with E-state index in [1.54, 1.807) is 12.1 Å². The normalized spacial score (nSPS) is 10.4. The van der Waals surface area contributed by atoms with Crippen molar-refractivity contribution >= 4 is 23.3 Å². The summed E-state index contributed by atoms with van der Waals surface area (Å²) in [5, 5.41) is 11.3. The number of rotatable bonds is 4. The molecule has 2 rings (SSSR count). The van der Waals surface area contributed by atoms with E-state index in [4.69, 9.17) is 21.8 Å². The smallest absolute Gasteiger partial charge is 0.320 e. The summed E-state index contributed by atoms with van der Waals surface area (Å²) in [6.07, 6.45) is 0.579. The van der Waals surface area contributed by atoms with Gasteiger partial charge in [-0.25, -0.2) is 0 Å². The Hall–Kier alpha value is -1.59. The Labute approximate surface area is 97.6 Å². The summed E-state index contributed by atoms with van der Waals surface area (Å²) in [7, 11) is 0. The van der Waals surface area contributed by atoms with Crippen LogP contribution in [0, 0.1) is 0 Å². The fourth-order valence-corrected chi connectivity index (χ4v) is 1.31. The molecule has 0 fully saturated rings. The second-order valence-corrected chi connectivity index (χ2v) is 3.61. The third kappa shape index (κ3) is 2.71. The number of nitrogens with zero attached hydrogens (tertiary/aromatic N) is 2. The fourth-order valence-electron chi connectivity index (χ4n) is 1.19. The van der Waals surface area contributed by atoms with Crippen LogP contribution in [0.4, 0.5) is 11.7 Å². The molecule has 0 aliphatic rings. The molecular formula is C10H11ClN4O. The van der Waals surface area contributed by atoms with Crippen LogP contribution in [0.3, 0.4) is 0 Å². The monoisotopic (exact) mass is 238 g/mol. The summed E-state index contributed by atoms with van der Waals surface area (Å²) in [5.74, 6) is 0.527. The molecule has 0 amide bonds. The van der Waals surface area contributed by atoms with Gasteiger partial charge in [0, 0.05) is 23.7 Å². The molecule has 0 saturated heterocycles. The standard InChI is InChI=1S/C10H11ClN4O/c11-7-1-3-8(4-2-7)13-10-15-14-9(16-10)5-6-12/h1-4H,5-6,12H2,(H,13,15). The zero-order valence-electron chi connectivity index (χ0n) is 8.48. The van der Waals surface area contributed by atoms with Gasteiger partial charge in [-0.3, -0.25) is 0 Å². The van der Waals surface area contributed by atoms with Crippen molar-refractivity contribution in [3.05, 3.63) is 35.2 Å². The highest BCUT2D eigenvalue weighted by Gasteiger charge is 2.04. The SMILES string of the molecule is NCCc1nnc(Nc2ccc(Cl)cc2)o1. The summed E-state index contributed by atoms with van der Waals surface area (Å²) in [5.41, 5.74) is 6.22. The van der Waals surface area contributed by atoms with Gasteiger partial charge in [-0.1, -0.05) is 16.7 Å². The van der Waals surface area contributed by atoms with Crippen LogP contribution in [-0.4, -0.2) is 16.7 Å². The highest BCUT2D eigenvalue weighted by molar-refractivity contribution is 6.30. The van der Waals surface area contributed by atoms with Gasteiger partial charge in [-0.15, -0.1) is 5.10 Å². The summed E-state index contributed by atoms with van der Waals surface area (Å²) in [6, 6.07) is 7.57. The molecule has 1 aromatic heterocycles. The van der Waals surface area contributed by atoms with Gasteiger partial charge in [0.05, 0.1) is 0 Å². The van der Waals surface area contributed by atoms with Crippen molar-refractivity contribution in [3.63, 3.8) is 0 Å². The minimum atomic E-state index is 0.353. The van der Waals surface area contributed by atoms with Crippen LogP contribution in [0.15, 0.2) is 28.7 Å². The molecule has 84 valence electrons. The largest absolute Gasteiger partial charge is 0.408 e. The first-order valence-electron chi connectivity index (χ1n) is 4.83. The molecule has 0 bridgehead atoms. The van der Waals surface area contributed by atoms with Gasteiger partial charge >= 0.3 is 6.01 Å². The Morgan fingerprint density at radius 1 is 1.25 bits per heavy atom. The van der Waals surface area contributed by atoms with Gasteiger partial charge in [0.15, 0.2) is 0 Å². The number of anilines is 2. The number of halogens is 1. The number of benzene rings is 1. The van der Waals surface area contributed by atoms with Crippen LogP contribution < -0.4 is 11.1 Å². The lowest BCUT2D eigenvalue weighted by molar-refractivity contribution is 0.510. The van der Waals surface area contributed by atoms with Gasteiger partial charge in [-0.2, -0.15) is 0 Å². The molecule has 0 saturated carbocycles. The fraction of sp³-hybridized carbons (Fsp3) is 0.200. The Morgan fingerprint density at radius 2 is 2.00 bits per heavy atom. The third-order valence-corrected chi connectivity index (χ3v) is 2.17. The first kappa shape index (κ1) is 10.9. The van der Waals surface area contributed by atoms with E-state index in [-0.39, 0.29) is 0 Å². The Kier molecular flexibility index (Phi) is 3.38. The van der Waals surface area contributed by atoms with Crippen molar-refractivity contribution in [2.45, 2.75) is 6.42 Å². The lowest BCUT2D eigenvalue weighted by Crippen LogP contribution is -2.02. The first-order valence-corrected chi connectivity index (χ1v) is 5.21. The number of aromatic nitrogens is 2. The Morgan fingerprint density at radius 3 is 2.69 bits per heavy atom. The third-order valence-electron chi connectivity index (χ3n) is 1.92.